The SMILES string of the molecule is O=Cc1cncc(C(O)C(O)CC(=O)O)c1. The number of rotatable bonds is 5. The Morgan fingerprint density at radius 1 is 1.44 bits per heavy atom. The minimum atomic E-state index is -1.43. The Labute approximate surface area is 91.2 Å². The van der Waals surface area contributed by atoms with Crippen LogP contribution in [0.2, 0.25) is 0 Å². The molecule has 1 rings (SSSR count). The number of carbonyl (C=O) groups is 2. The molecule has 0 saturated carbocycles. The number of hydrogen-bond donors (Lipinski definition) is 3. The molecule has 0 spiro atoms. The van der Waals surface area contributed by atoms with Gasteiger partial charge >= 0.3 is 5.97 Å². The van der Waals surface area contributed by atoms with Gasteiger partial charge in [-0.25, -0.2) is 0 Å². The van der Waals surface area contributed by atoms with E-state index in [1.54, 1.807) is 0 Å². The molecule has 0 radical (unpaired) electrons. The van der Waals surface area contributed by atoms with Crippen LogP contribution in [0.15, 0.2) is 18.5 Å². The number of aliphatic carboxylic acids is 1. The van der Waals surface area contributed by atoms with Gasteiger partial charge in [0.25, 0.3) is 0 Å². The van der Waals surface area contributed by atoms with Gasteiger partial charge in [-0.2, -0.15) is 0 Å². The zero-order chi connectivity index (χ0) is 12.1. The monoisotopic (exact) mass is 225 g/mol. The lowest BCUT2D eigenvalue weighted by molar-refractivity contribution is -0.141. The molecule has 86 valence electrons. The van der Waals surface area contributed by atoms with Crippen LogP contribution in [0.25, 0.3) is 0 Å². The summed E-state index contributed by atoms with van der Waals surface area (Å²) in [5.41, 5.74) is 0.456. The van der Waals surface area contributed by atoms with Crippen LogP contribution in [0.1, 0.15) is 28.4 Å². The lowest BCUT2D eigenvalue weighted by atomic mass is 10.0. The molecule has 6 nitrogen and oxygen atoms in total. The third kappa shape index (κ3) is 3.11. The summed E-state index contributed by atoms with van der Waals surface area (Å²) in [4.78, 5) is 24.5. The summed E-state index contributed by atoms with van der Waals surface area (Å²) >= 11 is 0. The maximum absolute atomic E-state index is 10.5. The number of carboxylic acid groups (broad SMARTS) is 1. The molecule has 0 aromatic carbocycles. The first kappa shape index (κ1) is 12.3. The van der Waals surface area contributed by atoms with Crippen LogP contribution in [-0.2, 0) is 4.79 Å². The minimum Gasteiger partial charge on any atom is -0.481 e. The van der Waals surface area contributed by atoms with E-state index in [9.17, 15) is 19.8 Å². The van der Waals surface area contributed by atoms with Crippen molar-refractivity contribution in [2.24, 2.45) is 0 Å². The van der Waals surface area contributed by atoms with Crippen molar-refractivity contribution in [3.8, 4) is 0 Å². The van der Waals surface area contributed by atoms with Gasteiger partial charge in [-0.3, -0.25) is 14.6 Å². The van der Waals surface area contributed by atoms with Crippen LogP contribution >= 0.6 is 0 Å². The van der Waals surface area contributed by atoms with Gasteiger partial charge in [0.1, 0.15) is 6.10 Å². The fourth-order valence-corrected chi connectivity index (χ4v) is 1.22. The topological polar surface area (TPSA) is 108 Å². The maximum Gasteiger partial charge on any atom is 0.306 e. The van der Waals surface area contributed by atoms with Gasteiger partial charge in [0.15, 0.2) is 6.29 Å². The Morgan fingerprint density at radius 3 is 2.69 bits per heavy atom. The summed E-state index contributed by atoms with van der Waals surface area (Å²) in [6.45, 7) is 0. The Morgan fingerprint density at radius 2 is 2.12 bits per heavy atom. The molecule has 2 unspecified atom stereocenters. The lowest BCUT2D eigenvalue weighted by Gasteiger charge is -2.16. The molecule has 0 fully saturated rings. The van der Waals surface area contributed by atoms with Crippen molar-refractivity contribution in [1.29, 1.82) is 0 Å². The first-order valence-electron chi connectivity index (χ1n) is 4.52. The fraction of sp³-hybridized carbons (Fsp3) is 0.300. The highest BCUT2D eigenvalue weighted by molar-refractivity contribution is 5.74. The lowest BCUT2D eigenvalue weighted by Crippen LogP contribution is -2.22. The first-order chi connectivity index (χ1) is 7.54. The number of aromatic nitrogens is 1. The number of carbonyl (C=O) groups excluding carboxylic acids is 1. The van der Waals surface area contributed by atoms with Crippen molar-refractivity contribution in [3.05, 3.63) is 29.6 Å². The van der Waals surface area contributed by atoms with Crippen LogP contribution in [0.3, 0.4) is 0 Å². The molecule has 3 N–H and O–H groups in total. The second-order valence-electron chi connectivity index (χ2n) is 3.28. The average Bonchev–Trinajstić information content (AvgIpc) is 2.27. The van der Waals surface area contributed by atoms with E-state index in [1.165, 1.54) is 18.5 Å². The molecule has 0 amide bonds. The molecule has 1 heterocycles. The van der Waals surface area contributed by atoms with E-state index in [0.29, 0.717) is 6.29 Å². The largest absolute Gasteiger partial charge is 0.481 e. The summed E-state index contributed by atoms with van der Waals surface area (Å²) in [6, 6.07) is 1.34. The molecule has 0 aliphatic heterocycles. The Bertz CT molecular complexity index is 393. The predicted molar refractivity (Wildman–Crippen MR) is 52.8 cm³/mol. The van der Waals surface area contributed by atoms with Gasteiger partial charge in [-0.15, -0.1) is 0 Å². The number of hydrogen-bond acceptors (Lipinski definition) is 5. The molecule has 0 bridgehead atoms. The number of aliphatic hydroxyl groups excluding tert-OH is 2. The summed E-state index contributed by atoms with van der Waals surface area (Å²) in [5, 5.41) is 27.4. The first-order valence-corrected chi connectivity index (χ1v) is 4.52. The summed E-state index contributed by atoms with van der Waals surface area (Å²) in [6.07, 6.45) is -0.265. The van der Waals surface area contributed by atoms with Crippen molar-refractivity contribution in [3.63, 3.8) is 0 Å². The van der Waals surface area contributed by atoms with Crippen LogP contribution in [0.4, 0.5) is 0 Å². The van der Waals surface area contributed by atoms with E-state index in [4.69, 9.17) is 5.11 Å². The average molecular weight is 225 g/mol. The fourth-order valence-electron chi connectivity index (χ4n) is 1.22. The Kier molecular flexibility index (Phi) is 4.10. The molecule has 1 aromatic heterocycles. The number of aliphatic hydroxyl groups is 2. The van der Waals surface area contributed by atoms with E-state index in [1.807, 2.05) is 0 Å². The zero-order valence-corrected chi connectivity index (χ0v) is 8.28. The number of nitrogens with zero attached hydrogens (tertiary/aromatic N) is 1. The van der Waals surface area contributed by atoms with E-state index in [0.717, 1.165) is 0 Å². The van der Waals surface area contributed by atoms with Crippen molar-refractivity contribution in [2.45, 2.75) is 18.6 Å². The normalized spacial score (nSPS) is 14.1. The van der Waals surface area contributed by atoms with Crippen molar-refractivity contribution in [2.75, 3.05) is 0 Å². The minimum absolute atomic E-state index is 0.207. The summed E-state index contributed by atoms with van der Waals surface area (Å²) in [7, 11) is 0. The molecule has 16 heavy (non-hydrogen) atoms. The van der Waals surface area contributed by atoms with E-state index in [-0.39, 0.29) is 11.1 Å². The van der Waals surface area contributed by atoms with Gasteiger partial charge in [0.2, 0.25) is 0 Å². The van der Waals surface area contributed by atoms with Gasteiger partial charge in [0, 0.05) is 23.5 Å². The zero-order valence-electron chi connectivity index (χ0n) is 8.28. The molecule has 0 aliphatic rings. The predicted octanol–water partition coefficient (Wildman–Crippen LogP) is -0.237. The number of pyridine rings is 1. The molecule has 0 aliphatic carbocycles. The molecular formula is C10H11NO5. The van der Waals surface area contributed by atoms with Gasteiger partial charge in [0.05, 0.1) is 12.5 Å². The second kappa shape index (κ2) is 5.34. The standard InChI is InChI=1S/C10H11NO5/c12-5-6-1-7(4-11-3-6)10(16)8(13)2-9(14)15/h1,3-5,8,10,13,16H,2H2,(H,14,15). The van der Waals surface area contributed by atoms with E-state index < -0.39 is 24.6 Å². The second-order valence-corrected chi connectivity index (χ2v) is 3.28. The maximum atomic E-state index is 10.5. The molecule has 2 atom stereocenters. The van der Waals surface area contributed by atoms with E-state index >= 15 is 0 Å². The van der Waals surface area contributed by atoms with Gasteiger partial charge < -0.3 is 15.3 Å². The summed E-state index contributed by atoms with van der Waals surface area (Å²) in [5.74, 6) is -1.22. The summed E-state index contributed by atoms with van der Waals surface area (Å²) < 4.78 is 0. The smallest absolute Gasteiger partial charge is 0.306 e. The van der Waals surface area contributed by atoms with Crippen molar-refractivity contribution >= 4 is 12.3 Å². The van der Waals surface area contributed by atoms with Crippen LogP contribution in [0.5, 0.6) is 0 Å². The van der Waals surface area contributed by atoms with Crippen molar-refractivity contribution in [1.82, 2.24) is 4.98 Å². The molecule has 0 saturated heterocycles. The highest BCUT2D eigenvalue weighted by Gasteiger charge is 2.21. The van der Waals surface area contributed by atoms with Crippen LogP contribution < -0.4 is 0 Å². The third-order valence-corrected chi connectivity index (χ3v) is 2.01. The Balaban J connectivity index is 2.82. The highest BCUT2D eigenvalue weighted by atomic mass is 16.4. The quantitative estimate of drug-likeness (QED) is 0.597. The Hall–Kier alpha value is -1.79. The number of aldehydes is 1. The van der Waals surface area contributed by atoms with E-state index in [2.05, 4.69) is 4.98 Å². The highest BCUT2D eigenvalue weighted by Crippen LogP contribution is 2.18. The number of carboxylic acids is 1. The van der Waals surface area contributed by atoms with Crippen LogP contribution in [-0.4, -0.2) is 38.7 Å². The van der Waals surface area contributed by atoms with Crippen molar-refractivity contribution < 1.29 is 24.9 Å². The molecule has 1 aromatic rings. The third-order valence-electron chi connectivity index (χ3n) is 2.01. The molecule has 6 heteroatoms. The van der Waals surface area contributed by atoms with Crippen LogP contribution in [0, 0.1) is 0 Å². The molecular weight excluding hydrogens is 214 g/mol. The van der Waals surface area contributed by atoms with Gasteiger partial charge in [-0.1, -0.05) is 0 Å². The van der Waals surface area contributed by atoms with Gasteiger partial charge in [-0.05, 0) is 6.07 Å².